The summed E-state index contributed by atoms with van der Waals surface area (Å²) in [5.41, 5.74) is -3.00. The van der Waals surface area contributed by atoms with E-state index >= 15 is 0 Å². The average Bonchev–Trinajstić information content (AvgIpc) is 2.94. The van der Waals surface area contributed by atoms with Crippen LogP contribution in [0.2, 0.25) is 0 Å². The Morgan fingerprint density at radius 2 is 1.73 bits per heavy atom. The third-order valence-corrected chi connectivity index (χ3v) is 6.76. The normalized spacial score (nSPS) is 24.7. The lowest BCUT2D eigenvalue weighted by Crippen LogP contribution is -2.40. The van der Waals surface area contributed by atoms with Crippen LogP contribution in [0.4, 0.5) is 8.78 Å². The predicted octanol–water partition coefficient (Wildman–Crippen LogP) is 4.54. The molecular weight excluding hydrogens is 421 g/mol. The van der Waals surface area contributed by atoms with E-state index in [-0.39, 0.29) is 19.8 Å². The highest BCUT2D eigenvalue weighted by Gasteiger charge is 2.58. The van der Waals surface area contributed by atoms with E-state index < -0.39 is 50.1 Å². The van der Waals surface area contributed by atoms with Gasteiger partial charge in [0.15, 0.2) is 6.10 Å². The molecule has 0 amide bonds. The second kappa shape index (κ2) is 10.8. The average molecular weight is 450 g/mol. The van der Waals surface area contributed by atoms with Crippen molar-refractivity contribution in [2.45, 2.75) is 70.8 Å². The first kappa shape index (κ1) is 24.9. The molecule has 0 radical (unpaired) electrons. The van der Waals surface area contributed by atoms with E-state index in [1.807, 2.05) is 30.3 Å². The van der Waals surface area contributed by atoms with E-state index in [2.05, 4.69) is 0 Å². The highest BCUT2D eigenvalue weighted by atomic mass is 31.2. The molecule has 1 heterocycles. The van der Waals surface area contributed by atoms with Gasteiger partial charge in [-0.05, 0) is 26.3 Å². The fraction of sp³-hybridized carbons (Fsp3) is 0.650. The lowest BCUT2D eigenvalue weighted by atomic mass is 10.1. The van der Waals surface area contributed by atoms with Gasteiger partial charge >= 0.3 is 19.2 Å². The molecule has 30 heavy (non-hydrogen) atoms. The van der Waals surface area contributed by atoms with Gasteiger partial charge in [-0.25, -0.2) is 0 Å². The topological polar surface area (TPSA) is 80.3 Å². The van der Waals surface area contributed by atoms with Crippen LogP contribution in [0, 0.1) is 0 Å². The van der Waals surface area contributed by atoms with Crippen molar-refractivity contribution >= 4 is 13.6 Å². The smallest absolute Gasteiger partial charge is 0.399 e. The second-order valence-electron chi connectivity index (χ2n) is 6.92. The summed E-state index contributed by atoms with van der Waals surface area (Å²) < 4.78 is 69.1. The molecule has 170 valence electrons. The van der Waals surface area contributed by atoms with Crippen LogP contribution in [0.15, 0.2) is 30.3 Å². The molecular formula is C20H29F2O7P. The van der Waals surface area contributed by atoms with Gasteiger partial charge in [-0.2, -0.15) is 8.78 Å². The first-order chi connectivity index (χ1) is 14.1. The lowest BCUT2D eigenvalue weighted by Gasteiger charge is -2.29. The van der Waals surface area contributed by atoms with Crippen LogP contribution in [0.1, 0.15) is 39.7 Å². The predicted molar refractivity (Wildman–Crippen MR) is 105 cm³/mol. The summed E-state index contributed by atoms with van der Waals surface area (Å²) in [6.07, 6.45) is -4.70. The molecule has 0 aromatic heterocycles. The molecule has 0 aliphatic carbocycles. The van der Waals surface area contributed by atoms with Crippen molar-refractivity contribution in [3.8, 4) is 0 Å². The van der Waals surface area contributed by atoms with Crippen LogP contribution in [0.5, 0.6) is 0 Å². The zero-order valence-electron chi connectivity index (χ0n) is 17.6. The van der Waals surface area contributed by atoms with Crippen LogP contribution < -0.4 is 0 Å². The number of alkyl halides is 2. The summed E-state index contributed by atoms with van der Waals surface area (Å²) in [5, 5.41) is 0. The van der Waals surface area contributed by atoms with Crippen molar-refractivity contribution in [1.29, 1.82) is 0 Å². The third-order valence-electron chi connectivity index (χ3n) is 4.58. The maximum atomic E-state index is 15.0. The molecule has 1 aromatic carbocycles. The molecule has 0 spiro atoms. The van der Waals surface area contributed by atoms with Gasteiger partial charge in [0.05, 0.1) is 38.4 Å². The van der Waals surface area contributed by atoms with Gasteiger partial charge in [-0.1, -0.05) is 30.3 Å². The first-order valence-electron chi connectivity index (χ1n) is 9.88. The number of halogens is 2. The third kappa shape index (κ3) is 6.08. The molecule has 1 fully saturated rings. The molecule has 7 nitrogen and oxygen atoms in total. The van der Waals surface area contributed by atoms with E-state index in [4.69, 9.17) is 23.3 Å². The Morgan fingerprint density at radius 1 is 1.13 bits per heavy atom. The minimum Gasteiger partial charge on any atom is -0.457 e. The van der Waals surface area contributed by atoms with E-state index in [9.17, 15) is 18.1 Å². The number of hydrogen-bond donors (Lipinski definition) is 0. The fourth-order valence-electron chi connectivity index (χ4n) is 3.32. The summed E-state index contributed by atoms with van der Waals surface area (Å²) >= 11 is 0. The minimum atomic E-state index is -4.72. The molecule has 1 aromatic rings. The number of esters is 1. The van der Waals surface area contributed by atoms with E-state index in [1.165, 1.54) is 20.8 Å². The molecule has 1 aliphatic rings. The van der Waals surface area contributed by atoms with Crippen molar-refractivity contribution in [2.75, 3.05) is 13.2 Å². The Kier molecular flexibility index (Phi) is 8.94. The van der Waals surface area contributed by atoms with Crippen LogP contribution in [0.25, 0.3) is 0 Å². The summed E-state index contributed by atoms with van der Waals surface area (Å²) in [6.45, 7) is 5.46. The molecule has 4 atom stereocenters. The maximum Gasteiger partial charge on any atom is 0.399 e. The molecule has 0 unspecified atom stereocenters. The van der Waals surface area contributed by atoms with E-state index in [0.29, 0.717) is 0 Å². The zero-order valence-corrected chi connectivity index (χ0v) is 18.5. The summed E-state index contributed by atoms with van der Waals surface area (Å²) in [7, 11) is -4.72. The maximum absolute atomic E-state index is 15.0. The van der Waals surface area contributed by atoms with Gasteiger partial charge in [0.25, 0.3) is 0 Å². The van der Waals surface area contributed by atoms with E-state index in [0.717, 1.165) is 5.56 Å². The quantitative estimate of drug-likeness (QED) is 0.362. The largest absolute Gasteiger partial charge is 0.457 e. The van der Waals surface area contributed by atoms with Gasteiger partial charge in [0.2, 0.25) is 0 Å². The van der Waals surface area contributed by atoms with Crippen molar-refractivity contribution < 1.29 is 41.4 Å². The Bertz CT molecular complexity index is 721. The Balaban J connectivity index is 2.23. The Morgan fingerprint density at radius 3 is 2.27 bits per heavy atom. The summed E-state index contributed by atoms with van der Waals surface area (Å²) in [5.74, 6) is -0.578. The second-order valence-corrected chi connectivity index (χ2v) is 9.08. The summed E-state index contributed by atoms with van der Waals surface area (Å²) in [4.78, 5) is 11.5. The van der Waals surface area contributed by atoms with Gasteiger partial charge in [0, 0.05) is 6.92 Å². The number of hydrogen-bond acceptors (Lipinski definition) is 7. The number of carbonyl (C=O) groups excluding carboxylic acids is 1. The number of rotatable bonds is 11. The highest BCUT2D eigenvalue weighted by Crippen LogP contribution is 2.64. The molecule has 1 saturated heterocycles. The molecule has 0 N–H and O–H groups in total. The van der Waals surface area contributed by atoms with Crippen molar-refractivity contribution in [3.63, 3.8) is 0 Å². The monoisotopic (exact) mass is 450 g/mol. The van der Waals surface area contributed by atoms with Crippen LogP contribution >= 0.6 is 7.60 Å². The van der Waals surface area contributed by atoms with Gasteiger partial charge in [0.1, 0.15) is 6.10 Å². The molecule has 1 aliphatic heterocycles. The highest BCUT2D eigenvalue weighted by molar-refractivity contribution is 7.55. The van der Waals surface area contributed by atoms with Crippen molar-refractivity contribution in [1.82, 2.24) is 0 Å². The van der Waals surface area contributed by atoms with Crippen LogP contribution in [0.3, 0.4) is 0 Å². The molecule has 0 bridgehead atoms. The zero-order chi connectivity index (χ0) is 22.4. The number of ether oxygens (including phenoxy) is 3. The van der Waals surface area contributed by atoms with Crippen molar-refractivity contribution in [3.05, 3.63) is 35.9 Å². The Hall–Kier alpha value is -1.38. The molecule has 10 heteroatoms. The number of benzene rings is 1. The molecule has 0 saturated carbocycles. The van der Waals surface area contributed by atoms with Gasteiger partial charge in [-0.15, -0.1) is 0 Å². The first-order valence-corrected chi connectivity index (χ1v) is 11.4. The van der Waals surface area contributed by atoms with Crippen molar-refractivity contribution in [2.24, 2.45) is 0 Å². The fourth-order valence-corrected chi connectivity index (χ4v) is 4.85. The van der Waals surface area contributed by atoms with E-state index in [1.54, 1.807) is 6.92 Å². The van der Waals surface area contributed by atoms with Crippen LogP contribution in [-0.4, -0.2) is 49.3 Å². The minimum absolute atomic E-state index is 0.107. The lowest BCUT2D eigenvalue weighted by molar-refractivity contribution is -0.155. The number of carbonyl (C=O) groups is 1. The summed E-state index contributed by atoms with van der Waals surface area (Å²) in [6, 6.07) is 9.13. The van der Waals surface area contributed by atoms with Crippen LogP contribution in [-0.2, 0) is 39.2 Å². The molecule has 2 rings (SSSR count). The van der Waals surface area contributed by atoms with Gasteiger partial charge < -0.3 is 23.3 Å². The van der Waals surface area contributed by atoms with Gasteiger partial charge in [-0.3, -0.25) is 9.36 Å². The standard InChI is InChI=1S/C20H29F2O7P/c1-5-26-30(24,27-6-2)20(21,22)12-17-19(18(14(3)28-17)29-15(4)23)25-13-16-10-8-7-9-11-16/h7-11,14,17-19H,5-6,12-13H2,1-4H3/t14-,17+,18-,19+/m0/s1. The SMILES string of the molecule is CCOP(=O)(OCC)C(F)(F)C[C@H]1O[C@@H](C)[C@H](OC(C)=O)[C@@H]1OCc1ccccc1. The Labute approximate surface area is 175 Å².